The van der Waals surface area contributed by atoms with Crippen LogP contribution in [0.1, 0.15) is 52.6 Å². The van der Waals surface area contributed by atoms with Gasteiger partial charge in [-0.15, -0.1) is 0 Å². The van der Waals surface area contributed by atoms with Gasteiger partial charge in [-0.05, 0) is 64.1 Å². The summed E-state index contributed by atoms with van der Waals surface area (Å²) in [6, 6.07) is 12.6. The van der Waals surface area contributed by atoms with Gasteiger partial charge in [0.05, 0.1) is 0 Å². The molecule has 0 fully saturated rings. The number of carbonyl (C=O) groups is 2. The van der Waals surface area contributed by atoms with Crippen molar-refractivity contribution in [3.63, 3.8) is 0 Å². The van der Waals surface area contributed by atoms with Gasteiger partial charge in [0.15, 0.2) is 5.78 Å². The number of nitrogens with zero attached hydrogens (tertiary/aromatic N) is 1. The molecule has 0 bridgehead atoms. The summed E-state index contributed by atoms with van der Waals surface area (Å²) in [7, 11) is 3.40. The minimum atomic E-state index is -0.323. The lowest BCUT2D eigenvalue weighted by atomic mass is 10.0. The third-order valence-electron chi connectivity index (χ3n) is 3.82. The average molecular weight is 365 g/mol. The fourth-order valence-electron chi connectivity index (χ4n) is 2.52. The van der Waals surface area contributed by atoms with E-state index in [9.17, 15) is 9.59 Å². The van der Waals surface area contributed by atoms with Gasteiger partial charge in [0.2, 0.25) is 0 Å². The van der Waals surface area contributed by atoms with E-state index in [0.717, 1.165) is 16.9 Å². The Morgan fingerprint density at radius 2 is 1.56 bits per heavy atom. The normalized spacial score (nSPS) is 11.5. The van der Waals surface area contributed by atoms with Crippen LogP contribution in [0.4, 0.5) is 0 Å². The Morgan fingerprint density at radius 1 is 0.963 bits per heavy atom. The molecule has 0 saturated heterocycles. The van der Waals surface area contributed by atoms with Crippen molar-refractivity contribution < 1.29 is 14.3 Å². The lowest BCUT2D eigenvalue weighted by molar-refractivity contribution is 0.0827. The van der Waals surface area contributed by atoms with Crippen molar-refractivity contribution in [1.82, 2.24) is 4.90 Å². The summed E-state index contributed by atoms with van der Waals surface area (Å²) in [5.74, 6) is 0.527. The Hall–Kier alpha value is -2.88. The molecular weight excluding hydrogens is 338 g/mol. The van der Waals surface area contributed by atoms with Gasteiger partial charge in [0.1, 0.15) is 11.4 Å². The average Bonchev–Trinajstić information content (AvgIpc) is 2.60. The number of allylic oxidation sites excluding steroid dienone is 1. The lowest BCUT2D eigenvalue weighted by Crippen LogP contribution is -2.23. The first kappa shape index (κ1) is 20.4. The van der Waals surface area contributed by atoms with E-state index in [4.69, 9.17) is 4.74 Å². The van der Waals surface area contributed by atoms with Crippen LogP contribution in [-0.2, 0) is 0 Å². The molecule has 0 aromatic heterocycles. The molecule has 0 N–H and O–H groups in total. The number of ether oxygens (including phenoxy) is 1. The minimum Gasteiger partial charge on any atom is -0.488 e. The second-order valence-corrected chi connectivity index (χ2v) is 7.73. The summed E-state index contributed by atoms with van der Waals surface area (Å²) in [6.45, 7) is 7.97. The van der Waals surface area contributed by atoms with E-state index in [2.05, 4.69) is 0 Å². The van der Waals surface area contributed by atoms with Crippen molar-refractivity contribution in [1.29, 1.82) is 0 Å². The van der Waals surface area contributed by atoms with E-state index < -0.39 is 0 Å². The van der Waals surface area contributed by atoms with Gasteiger partial charge < -0.3 is 9.64 Å². The number of carbonyl (C=O) groups excluding carboxylic acids is 2. The molecule has 0 saturated carbocycles. The molecular formula is C23H27NO3. The summed E-state index contributed by atoms with van der Waals surface area (Å²) in [5, 5.41) is 0. The molecule has 0 spiro atoms. The third kappa shape index (κ3) is 5.81. The number of hydrogen-bond donors (Lipinski definition) is 0. The van der Waals surface area contributed by atoms with Crippen molar-refractivity contribution in [2.75, 3.05) is 14.1 Å². The summed E-state index contributed by atoms with van der Waals surface area (Å²) in [4.78, 5) is 25.9. The zero-order valence-corrected chi connectivity index (χ0v) is 16.9. The molecule has 0 aliphatic heterocycles. The summed E-state index contributed by atoms with van der Waals surface area (Å²) < 4.78 is 5.99. The van der Waals surface area contributed by atoms with E-state index in [1.165, 1.54) is 11.0 Å². The molecule has 1 amide bonds. The van der Waals surface area contributed by atoms with Crippen LogP contribution in [0.25, 0.3) is 6.08 Å². The predicted octanol–water partition coefficient (Wildman–Crippen LogP) is 4.77. The first-order valence-corrected chi connectivity index (χ1v) is 8.90. The first-order valence-electron chi connectivity index (χ1n) is 8.90. The molecule has 4 nitrogen and oxygen atoms in total. The van der Waals surface area contributed by atoms with E-state index in [-0.39, 0.29) is 17.3 Å². The van der Waals surface area contributed by atoms with Gasteiger partial charge in [0.25, 0.3) is 5.91 Å². The molecule has 2 aromatic rings. The fourth-order valence-corrected chi connectivity index (χ4v) is 2.52. The van der Waals surface area contributed by atoms with Crippen LogP contribution in [-0.4, -0.2) is 36.3 Å². The Balaban J connectivity index is 2.21. The monoisotopic (exact) mass is 365 g/mol. The van der Waals surface area contributed by atoms with Crippen molar-refractivity contribution in [2.24, 2.45) is 0 Å². The first-order chi connectivity index (χ1) is 12.6. The number of aryl methyl sites for hydroxylation is 1. The summed E-state index contributed by atoms with van der Waals surface area (Å²) in [5.41, 5.74) is 2.72. The van der Waals surface area contributed by atoms with Gasteiger partial charge in [0, 0.05) is 30.8 Å². The quantitative estimate of drug-likeness (QED) is 0.566. The fraction of sp³-hybridized carbons (Fsp3) is 0.304. The molecule has 2 rings (SSSR count). The Kier molecular flexibility index (Phi) is 6.21. The van der Waals surface area contributed by atoms with E-state index >= 15 is 0 Å². The minimum absolute atomic E-state index is 0.0896. The van der Waals surface area contributed by atoms with Gasteiger partial charge in [-0.2, -0.15) is 0 Å². The number of benzene rings is 2. The van der Waals surface area contributed by atoms with Crippen LogP contribution in [0.3, 0.4) is 0 Å². The van der Waals surface area contributed by atoms with Crippen LogP contribution in [0.2, 0.25) is 0 Å². The highest BCUT2D eigenvalue weighted by Gasteiger charge is 2.14. The van der Waals surface area contributed by atoms with Gasteiger partial charge >= 0.3 is 0 Å². The molecule has 4 heteroatoms. The number of ketones is 1. The van der Waals surface area contributed by atoms with Gasteiger partial charge in [-0.1, -0.05) is 23.8 Å². The lowest BCUT2D eigenvalue weighted by Gasteiger charge is -2.22. The van der Waals surface area contributed by atoms with Gasteiger partial charge in [-0.3, -0.25) is 9.59 Å². The van der Waals surface area contributed by atoms with Crippen LogP contribution in [0.5, 0.6) is 5.75 Å². The van der Waals surface area contributed by atoms with Crippen LogP contribution in [0, 0.1) is 6.92 Å². The SMILES string of the molecule is Cc1ccc(OC(C)(C)C)c(C=CC(=O)c2ccc(C(=O)N(C)C)cc2)c1. The zero-order valence-electron chi connectivity index (χ0n) is 16.9. The Labute approximate surface area is 161 Å². The second kappa shape index (κ2) is 8.21. The highest BCUT2D eigenvalue weighted by molar-refractivity contribution is 6.07. The maximum absolute atomic E-state index is 12.5. The van der Waals surface area contributed by atoms with Crippen LogP contribution >= 0.6 is 0 Å². The predicted molar refractivity (Wildman–Crippen MR) is 109 cm³/mol. The smallest absolute Gasteiger partial charge is 0.253 e. The molecule has 2 aromatic carbocycles. The van der Waals surface area contributed by atoms with Crippen LogP contribution < -0.4 is 4.74 Å². The molecule has 0 radical (unpaired) electrons. The standard InChI is InChI=1S/C23H27NO3/c1-16-7-14-21(27-23(2,3)4)19(15-16)12-13-20(25)17-8-10-18(11-9-17)22(26)24(5)6/h7-15H,1-6H3. The number of amides is 1. The van der Waals surface area contributed by atoms with Crippen molar-refractivity contribution >= 4 is 17.8 Å². The maximum atomic E-state index is 12.5. The van der Waals surface area contributed by atoms with E-state index in [1.807, 2.05) is 45.9 Å². The molecule has 0 atom stereocenters. The van der Waals surface area contributed by atoms with Crippen molar-refractivity contribution in [2.45, 2.75) is 33.3 Å². The maximum Gasteiger partial charge on any atom is 0.253 e. The topological polar surface area (TPSA) is 46.6 Å². The molecule has 0 aliphatic rings. The zero-order chi connectivity index (χ0) is 20.2. The highest BCUT2D eigenvalue weighted by Crippen LogP contribution is 2.25. The molecule has 0 unspecified atom stereocenters. The summed E-state index contributed by atoms with van der Waals surface area (Å²) >= 11 is 0. The Morgan fingerprint density at radius 3 is 2.11 bits per heavy atom. The van der Waals surface area contributed by atoms with E-state index in [0.29, 0.717) is 11.1 Å². The number of hydrogen-bond acceptors (Lipinski definition) is 3. The summed E-state index contributed by atoms with van der Waals surface area (Å²) in [6.07, 6.45) is 3.31. The van der Waals surface area contributed by atoms with Gasteiger partial charge in [-0.25, -0.2) is 0 Å². The Bertz CT molecular complexity index is 856. The molecule has 0 heterocycles. The second-order valence-electron chi connectivity index (χ2n) is 7.73. The largest absolute Gasteiger partial charge is 0.488 e. The van der Waals surface area contributed by atoms with E-state index in [1.54, 1.807) is 44.4 Å². The van der Waals surface area contributed by atoms with Crippen molar-refractivity contribution in [3.05, 3.63) is 70.8 Å². The molecule has 142 valence electrons. The third-order valence-corrected chi connectivity index (χ3v) is 3.82. The highest BCUT2D eigenvalue weighted by atomic mass is 16.5. The molecule has 27 heavy (non-hydrogen) atoms. The molecule has 0 aliphatic carbocycles. The van der Waals surface area contributed by atoms with Crippen LogP contribution in [0.15, 0.2) is 48.5 Å². The van der Waals surface area contributed by atoms with Crippen molar-refractivity contribution in [3.8, 4) is 5.75 Å². The number of rotatable bonds is 5.